The fraction of sp³-hybridized carbons (Fsp3) is 0.522. The quantitative estimate of drug-likeness (QED) is 0.677. The van der Waals surface area contributed by atoms with Gasteiger partial charge in [-0.3, -0.25) is 9.69 Å². The molecule has 0 spiro atoms. The number of carbonyl (C=O) groups excluding carboxylic acids is 1. The van der Waals surface area contributed by atoms with Gasteiger partial charge in [-0.1, -0.05) is 12.1 Å². The molecular formula is C23H30N4O3. The van der Waals surface area contributed by atoms with Crippen LogP contribution in [-0.4, -0.2) is 46.6 Å². The first-order chi connectivity index (χ1) is 14.3. The van der Waals surface area contributed by atoms with Crippen LogP contribution in [0.3, 0.4) is 0 Å². The minimum atomic E-state index is -0.135. The summed E-state index contributed by atoms with van der Waals surface area (Å²) in [5, 5.41) is 7.81. The Bertz CT molecular complexity index is 1070. The normalized spacial score (nSPS) is 18.6. The molecule has 0 saturated carbocycles. The number of hydrogen-bond donors (Lipinski definition) is 1. The topological polar surface area (TPSA) is 84.4 Å². The van der Waals surface area contributed by atoms with Crippen molar-refractivity contribution in [2.45, 2.75) is 53.5 Å². The summed E-state index contributed by atoms with van der Waals surface area (Å²) < 4.78 is 11.0. The van der Waals surface area contributed by atoms with Gasteiger partial charge in [0.05, 0.1) is 22.3 Å². The van der Waals surface area contributed by atoms with Gasteiger partial charge in [0.2, 0.25) is 0 Å². The number of nitrogens with zero attached hydrogens (tertiary/aromatic N) is 3. The second-order valence-corrected chi connectivity index (χ2v) is 8.63. The second kappa shape index (κ2) is 8.22. The van der Waals surface area contributed by atoms with Crippen LogP contribution in [0.2, 0.25) is 0 Å². The van der Waals surface area contributed by atoms with E-state index in [0.717, 1.165) is 30.2 Å². The molecule has 0 aromatic carbocycles. The van der Waals surface area contributed by atoms with Crippen LogP contribution < -0.4 is 5.32 Å². The number of piperidine rings is 1. The van der Waals surface area contributed by atoms with Gasteiger partial charge in [-0.15, -0.1) is 0 Å². The van der Waals surface area contributed by atoms with Gasteiger partial charge < -0.3 is 14.3 Å². The standard InChI is InChI=1S/C23H30N4O3/c1-13-7-6-8-27(12-13)14(2)11-24-22(28)19-10-20(18-9-15(3)29-17(18)5)25-23-21(19)16(4)26-30-23/h9-10,13-14H,6-8,11-12H2,1-5H3,(H,24,28). The Morgan fingerprint density at radius 3 is 2.83 bits per heavy atom. The third kappa shape index (κ3) is 3.99. The van der Waals surface area contributed by atoms with E-state index in [0.29, 0.717) is 40.5 Å². The fourth-order valence-corrected chi connectivity index (χ4v) is 4.39. The molecule has 2 atom stereocenters. The van der Waals surface area contributed by atoms with Crippen molar-refractivity contribution >= 4 is 17.0 Å². The molecule has 1 aliphatic rings. The highest BCUT2D eigenvalue weighted by molar-refractivity contribution is 6.07. The Labute approximate surface area is 176 Å². The minimum Gasteiger partial charge on any atom is -0.466 e. The summed E-state index contributed by atoms with van der Waals surface area (Å²) in [7, 11) is 0. The molecule has 4 rings (SSSR count). The zero-order valence-electron chi connectivity index (χ0n) is 18.4. The number of nitrogens with one attached hydrogen (secondary N) is 1. The van der Waals surface area contributed by atoms with Crippen LogP contribution >= 0.6 is 0 Å². The molecule has 0 aliphatic carbocycles. The number of aromatic nitrogens is 2. The van der Waals surface area contributed by atoms with Crippen molar-refractivity contribution in [3.8, 4) is 11.3 Å². The lowest BCUT2D eigenvalue weighted by atomic mass is 9.99. The first-order valence-electron chi connectivity index (χ1n) is 10.7. The van der Waals surface area contributed by atoms with Crippen molar-refractivity contribution < 1.29 is 13.7 Å². The lowest BCUT2D eigenvalue weighted by Crippen LogP contribution is -2.46. The molecule has 1 aliphatic heterocycles. The van der Waals surface area contributed by atoms with Gasteiger partial charge in [0.15, 0.2) is 0 Å². The van der Waals surface area contributed by atoms with E-state index in [2.05, 4.69) is 34.2 Å². The first-order valence-corrected chi connectivity index (χ1v) is 10.7. The zero-order valence-corrected chi connectivity index (χ0v) is 18.4. The third-order valence-electron chi connectivity index (χ3n) is 6.05. The molecule has 3 aromatic heterocycles. The number of hydrogen-bond acceptors (Lipinski definition) is 6. The van der Waals surface area contributed by atoms with E-state index in [4.69, 9.17) is 8.94 Å². The van der Waals surface area contributed by atoms with Gasteiger partial charge in [-0.05, 0) is 65.1 Å². The summed E-state index contributed by atoms with van der Waals surface area (Å²) in [6, 6.07) is 4.02. The van der Waals surface area contributed by atoms with Gasteiger partial charge in [-0.2, -0.15) is 0 Å². The maximum absolute atomic E-state index is 13.2. The van der Waals surface area contributed by atoms with E-state index in [9.17, 15) is 4.79 Å². The predicted molar refractivity (Wildman–Crippen MR) is 115 cm³/mol. The minimum absolute atomic E-state index is 0.135. The van der Waals surface area contributed by atoms with E-state index in [1.54, 1.807) is 0 Å². The van der Waals surface area contributed by atoms with Crippen molar-refractivity contribution in [3.63, 3.8) is 0 Å². The average molecular weight is 411 g/mol. The number of amides is 1. The molecular weight excluding hydrogens is 380 g/mol. The van der Waals surface area contributed by atoms with Crippen molar-refractivity contribution in [2.24, 2.45) is 5.92 Å². The summed E-state index contributed by atoms with van der Waals surface area (Å²) in [4.78, 5) is 20.2. The number of aryl methyl sites for hydroxylation is 3. The number of furan rings is 1. The molecule has 3 aromatic rings. The number of pyridine rings is 1. The fourth-order valence-electron chi connectivity index (χ4n) is 4.39. The van der Waals surface area contributed by atoms with E-state index < -0.39 is 0 Å². The van der Waals surface area contributed by atoms with Crippen LogP contribution in [0.15, 0.2) is 21.1 Å². The summed E-state index contributed by atoms with van der Waals surface area (Å²) in [5.74, 6) is 2.13. The molecule has 7 heteroatoms. The van der Waals surface area contributed by atoms with Gasteiger partial charge >= 0.3 is 0 Å². The molecule has 30 heavy (non-hydrogen) atoms. The van der Waals surface area contributed by atoms with E-state index in [1.165, 1.54) is 12.8 Å². The molecule has 1 saturated heterocycles. The molecule has 160 valence electrons. The summed E-state index contributed by atoms with van der Waals surface area (Å²) in [6.45, 7) is 12.9. The molecule has 0 bridgehead atoms. The molecule has 1 fully saturated rings. The number of likely N-dealkylation sites (tertiary alicyclic amines) is 1. The highest BCUT2D eigenvalue weighted by atomic mass is 16.5. The molecule has 2 unspecified atom stereocenters. The number of carbonyl (C=O) groups is 1. The largest absolute Gasteiger partial charge is 0.466 e. The predicted octanol–water partition coefficient (Wildman–Crippen LogP) is 4.26. The van der Waals surface area contributed by atoms with Crippen molar-refractivity contribution in [1.82, 2.24) is 20.4 Å². The Kier molecular flexibility index (Phi) is 5.64. The summed E-state index contributed by atoms with van der Waals surface area (Å²) in [5.41, 5.74) is 3.06. The van der Waals surface area contributed by atoms with Gasteiger partial charge in [0.1, 0.15) is 11.5 Å². The molecule has 1 amide bonds. The lowest BCUT2D eigenvalue weighted by Gasteiger charge is -2.35. The van der Waals surface area contributed by atoms with Gasteiger partial charge in [-0.25, -0.2) is 4.98 Å². The van der Waals surface area contributed by atoms with Crippen LogP contribution in [0.1, 0.15) is 54.3 Å². The van der Waals surface area contributed by atoms with Crippen LogP contribution in [0.25, 0.3) is 22.4 Å². The van der Waals surface area contributed by atoms with Crippen LogP contribution in [0.4, 0.5) is 0 Å². The van der Waals surface area contributed by atoms with Gasteiger partial charge in [0, 0.05) is 24.7 Å². The highest BCUT2D eigenvalue weighted by Crippen LogP contribution is 2.30. The third-order valence-corrected chi connectivity index (χ3v) is 6.05. The highest BCUT2D eigenvalue weighted by Gasteiger charge is 2.24. The maximum atomic E-state index is 13.2. The molecule has 7 nitrogen and oxygen atoms in total. The number of rotatable bonds is 5. The summed E-state index contributed by atoms with van der Waals surface area (Å²) >= 11 is 0. The maximum Gasteiger partial charge on any atom is 0.259 e. The monoisotopic (exact) mass is 410 g/mol. The summed E-state index contributed by atoms with van der Waals surface area (Å²) in [6.07, 6.45) is 2.50. The van der Waals surface area contributed by atoms with Crippen molar-refractivity contribution in [3.05, 3.63) is 34.9 Å². The van der Waals surface area contributed by atoms with E-state index >= 15 is 0 Å². The second-order valence-electron chi connectivity index (χ2n) is 8.63. The SMILES string of the molecule is Cc1cc(-c2cc(C(=O)NCC(C)N3CCCC(C)C3)c3c(C)noc3n2)c(C)o1. The molecule has 0 radical (unpaired) electrons. The zero-order chi connectivity index (χ0) is 21.4. The Morgan fingerprint density at radius 2 is 2.13 bits per heavy atom. The molecule has 1 N–H and O–H groups in total. The number of fused-ring (bicyclic) bond motifs is 1. The van der Waals surface area contributed by atoms with Crippen LogP contribution in [-0.2, 0) is 0 Å². The molecule has 4 heterocycles. The van der Waals surface area contributed by atoms with Gasteiger partial charge in [0.25, 0.3) is 11.6 Å². The van der Waals surface area contributed by atoms with E-state index in [-0.39, 0.29) is 11.9 Å². The van der Waals surface area contributed by atoms with Crippen molar-refractivity contribution in [2.75, 3.05) is 19.6 Å². The van der Waals surface area contributed by atoms with Crippen molar-refractivity contribution in [1.29, 1.82) is 0 Å². The van der Waals surface area contributed by atoms with Crippen LogP contribution in [0, 0.1) is 26.7 Å². The average Bonchev–Trinajstić information content (AvgIpc) is 3.26. The Morgan fingerprint density at radius 1 is 1.33 bits per heavy atom. The van der Waals surface area contributed by atoms with E-state index in [1.807, 2.05) is 32.9 Å². The Balaban J connectivity index is 1.60. The first kappa shape index (κ1) is 20.6. The van der Waals surface area contributed by atoms with Crippen LogP contribution in [0.5, 0.6) is 0 Å². The Hall–Kier alpha value is -2.67. The smallest absolute Gasteiger partial charge is 0.259 e. The lowest BCUT2D eigenvalue weighted by molar-refractivity contribution is 0.0919.